The molecule has 0 saturated heterocycles. The minimum absolute atomic E-state index is 0.187. The zero-order chi connectivity index (χ0) is 15.4. The molecule has 0 unspecified atom stereocenters. The number of rotatable bonds is 5. The molecule has 3 aromatic rings. The van der Waals surface area contributed by atoms with Crippen molar-refractivity contribution in [3.63, 3.8) is 0 Å². The number of halogens is 1. The number of furan rings is 1. The Morgan fingerprint density at radius 3 is 3.09 bits per heavy atom. The summed E-state index contributed by atoms with van der Waals surface area (Å²) in [5, 5.41) is 3.16. The number of amides is 1. The van der Waals surface area contributed by atoms with Crippen LogP contribution in [0.5, 0.6) is 0 Å². The van der Waals surface area contributed by atoms with Gasteiger partial charge in [-0.2, -0.15) is 0 Å². The fourth-order valence-electron chi connectivity index (χ4n) is 2.11. The highest BCUT2D eigenvalue weighted by Crippen LogP contribution is 2.18. The van der Waals surface area contributed by atoms with Crippen LogP contribution >= 0.6 is 11.6 Å². The highest BCUT2D eigenvalue weighted by molar-refractivity contribution is 6.31. The molecule has 3 rings (SSSR count). The first-order valence-corrected chi connectivity index (χ1v) is 7.23. The van der Waals surface area contributed by atoms with Crippen molar-refractivity contribution in [3.8, 4) is 0 Å². The molecule has 112 valence electrons. The number of nitrogens with one attached hydrogen (secondary N) is 1. The number of aromatic nitrogens is 2. The van der Waals surface area contributed by atoms with E-state index >= 15 is 0 Å². The van der Waals surface area contributed by atoms with Gasteiger partial charge in [0.15, 0.2) is 5.15 Å². The van der Waals surface area contributed by atoms with Crippen LogP contribution < -0.4 is 5.32 Å². The minimum atomic E-state index is -0.187. The number of carbonyl (C=O) groups is 1. The maximum Gasteiger partial charge on any atom is 0.244 e. The van der Waals surface area contributed by atoms with Crippen LogP contribution in [0.4, 0.5) is 0 Å². The van der Waals surface area contributed by atoms with E-state index in [2.05, 4.69) is 10.3 Å². The zero-order valence-electron chi connectivity index (χ0n) is 11.7. The summed E-state index contributed by atoms with van der Waals surface area (Å²) < 4.78 is 7.03. The first kappa shape index (κ1) is 14.4. The number of fused-ring (bicyclic) bond motifs is 1. The molecule has 0 aliphatic heterocycles. The van der Waals surface area contributed by atoms with Gasteiger partial charge in [-0.25, -0.2) is 4.98 Å². The Balaban J connectivity index is 1.62. The normalized spacial score (nSPS) is 11.3. The second kappa shape index (κ2) is 6.49. The van der Waals surface area contributed by atoms with Crippen LogP contribution in [-0.2, 0) is 11.2 Å². The van der Waals surface area contributed by atoms with Gasteiger partial charge in [-0.3, -0.25) is 9.20 Å². The maximum atomic E-state index is 11.8. The lowest BCUT2D eigenvalue weighted by Crippen LogP contribution is -2.23. The lowest BCUT2D eigenvalue weighted by molar-refractivity contribution is -0.116. The molecule has 3 aromatic heterocycles. The van der Waals surface area contributed by atoms with E-state index < -0.39 is 0 Å². The fourth-order valence-corrected chi connectivity index (χ4v) is 2.35. The lowest BCUT2D eigenvalue weighted by atomic mass is 10.3. The molecule has 3 heterocycles. The Hall–Kier alpha value is -2.53. The fraction of sp³-hybridized carbons (Fsp3) is 0.125. The molecule has 0 atom stereocenters. The van der Waals surface area contributed by atoms with Gasteiger partial charge in [0.05, 0.1) is 12.0 Å². The van der Waals surface area contributed by atoms with Crippen molar-refractivity contribution in [2.75, 3.05) is 6.54 Å². The molecule has 0 aliphatic carbocycles. The van der Waals surface area contributed by atoms with E-state index in [4.69, 9.17) is 16.0 Å². The van der Waals surface area contributed by atoms with Crippen molar-refractivity contribution in [1.29, 1.82) is 0 Å². The van der Waals surface area contributed by atoms with E-state index in [1.54, 1.807) is 12.3 Å². The molecular weight excluding hydrogens is 302 g/mol. The third-order valence-corrected chi connectivity index (χ3v) is 3.44. The van der Waals surface area contributed by atoms with Crippen LogP contribution in [0.25, 0.3) is 11.7 Å². The summed E-state index contributed by atoms with van der Waals surface area (Å²) >= 11 is 6.10. The van der Waals surface area contributed by atoms with Gasteiger partial charge in [-0.15, -0.1) is 0 Å². The smallest absolute Gasteiger partial charge is 0.244 e. The predicted molar refractivity (Wildman–Crippen MR) is 84.7 cm³/mol. The number of carbonyl (C=O) groups excluding carboxylic acids is 1. The Bertz CT molecular complexity index is 806. The van der Waals surface area contributed by atoms with E-state index in [0.717, 1.165) is 11.4 Å². The summed E-state index contributed by atoms with van der Waals surface area (Å²) in [6.45, 7) is 0.511. The number of imidazole rings is 1. The molecule has 5 nitrogen and oxygen atoms in total. The Morgan fingerprint density at radius 2 is 2.27 bits per heavy atom. The highest BCUT2D eigenvalue weighted by atomic mass is 35.5. The topological polar surface area (TPSA) is 59.5 Å². The van der Waals surface area contributed by atoms with Crippen molar-refractivity contribution in [3.05, 3.63) is 65.5 Å². The monoisotopic (exact) mass is 315 g/mol. The lowest BCUT2D eigenvalue weighted by Gasteiger charge is -2.00. The largest absolute Gasteiger partial charge is 0.469 e. The summed E-state index contributed by atoms with van der Waals surface area (Å²) in [5.41, 5.74) is 1.42. The van der Waals surface area contributed by atoms with Crippen molar-refractivity contribution >= 4 is 29.2 Å². The molecule has 1 amide bonds. The van der Waals surface area contributed by atoms with Crippen molar-refractivity contribution < 1.29 is 9.21 Å². The number of pyridine rings is 1. The first-order chi connectivity index (χ1) is 10.7. The van der Waals surface area contributed by atoms with Crippen LogP contribution in [0, 0.1) is 0 Å². The molecular formula is C16H14ClN3O2. The standard InChI is InChI=1S/C16H14ClN3O2/c17-16-13(20-10-2-1-5-14(20)19-16)6-7-15(21)18-9-8-12-4-3-11-22-12/h1-7,10-11H,8-9H2,(H,18,21). The molecule has 0 bridgehead atoms. The molecule has 1 N–H and O–H groups in total. The summed E-state index contributed by atoms with van der Waals surface area (Å²) in [6, 6.07) is 9.32. The third-order valence-electron chi connectivity index (χ3n) is 3.17. The van der Waals surface area contributed by atoms with E-state index in [9.17, 15) is 4.79 Å². The average Bonchev–Trinajstić information content (AvgIpc) is 3.12. The number of hydrogen-bond acceptors (Lipinski definition) is 3. The van der Waals surface area contributed by atoms with E-state index in [1.807, 2.05) is 40.9 Å². The van der Waals surface area contributed by atoms with Gasteiger partial charge in [-0.1, -0.05) is 17.7 Å². The van der Waals surface area contributed by atoms with Crippen molar-refractivity contribution in [2.24, 2.45) is 0 Å². The van der Waals surface area contributed by atoms with Gasteiger partial charge < -0.3 is 9.73 Å². The quantitative estimate of drug-likeness (QED) is 0.736. The maximum absolute atomic E-state index is 11.8. The van der Waals surface area contributed by atoms with Gasteiger partial charge in [-0.05, 0) is 30.3 Å². The van der Waals surface area contributed by atoms with Gasteiger partial charge in [0.1, 0.15) is 11.4 Å². The molecule has 22 heavy (non-hydrogen) atoms. The zero-order valence-corrected chi connectivity index (χ0v) is 12.5. The van der Waals surface area contributed by atoms with E-state index in [0.29, 0.717) is 23.8 Å². The molecule has 0 saturated carbocycles. The molecule has 0 aliphatic rings. The van der Waals surface area contributed by atoms with Crippen molar-refractivity contribution in [1.82, 2.24) is 14.7 Å². The Labute approximate surface area is 132 Å². The SMILES string of the molecule is O=C(C=Cc1c(Cl)nc2ccccn12)NCCc1ccco1. The molecule has 0 radical (unpaired) electrons. The second-order valence-corrected chi connectivity index (χ2v) is 5.03. The van der Waals surface area contributed by atoms with Crippen molar-refractivity contribution in [2.45, 2.75) is 6.42 Å². The summed E-state index contributed by atoms with van der Waals surface area (Å²) in [4.78, 5) is 16.0. The van der Waals surface area contributed by atoms with Crippen LogP contribution in [0.15, 0.2) is 53.3 Å². The van der Waals surface area contributed by atoms with Gasteiger partial charge in [0.2, 0.25) is 5.91 Å². The van der Waals surface area contributed by atoms with Crippen LogP contribution in [-0.4, -0.2) is 21.8 Å². The first-order valence-electron chi connectivity index (χ1n) is 6.85. The minimum Gasteiger partial charge on any atom is -0.469 e. The van der Waals surface area contributed by atoms with Crippen LogP contribution in [0.1, 0.15) is 11.5 Å². The molecule has 6 heteroatoms. The van der Waals surface area contributed by atoms with Gasteiger partial charge in [0, 0.05) is 25.2 Å². The van der Waals surface area contributed by atoms with Crippen LogP contribution in [0.3, 0.4) is 0 Å². The highest BCUT2D eigenvalue weighted by Gasteiger charge is 2.07. The molecule has 0 aromatic carbocycles. The third kappa shape index (κ3) is 3.20. The summed E-state index contributed by atoms with van der Waals surface area (Å²) in [6.07, 6.45) is 7.23. The molecule has 0 spiro atoms. The van der Waals surface area contributed by atoms with Gasteiger partial charge in [0.25, 0.3) is 0 Å². The van der Waals surface area contributed by atoms with E-state index in [-0.39, 0.29) is 5.91 Å². The van der Waals surface area contributed by atoms with Crippen LogP contribution in [0.2, 0.25) is 5.15 Å². The second-order valence-electron chi connectivity index (χ2n) is 4.67. The molecule has 0 fully saturated rings. The summed E-state index contributed by atoms with van der Waals surface area (Å²) in [7, 11) is 0. The Morgan fingerprint density at radius 1 is 1.36 bits per heavy atom. The number of nitrogens with zero attached hydrogens (tertiary/aromatic N) is 2. The van der Waals surface area contributed by atoms with E-state index in [1.165, 1.54) is 6.08 Å². The Kier molecular flexibility index (Phi) is 4.25. The predicted octanol–water partition coefficient (Wildman–Crippen LogP) is 2.95. The van der Waals surface area contributed by atoms with Gasteiger partial charge >= 0.3 is 0 Å². The average molecular weight is 316 g/mol. The number of hydrogen-bond donors (Lipinski definition) is 1. The summed E-state index contributed by atoms with van der Waals surface area (Å²) in [5.74, 6) is 0.655.